The van der Waals surface area contributed by atoms with E-state index in [1.807, 2.05) is 13.0 Å². The highest BCUT2D eigenvalue weighted by molar-refractivity contribution is 7.92. The molecule has 0 fully saturated rings. The molecule has 2 rings (SSSR count). The van der Waals surface area contributed by atoms with Gasteiger partial charge in [0.25, 0.3) is 10.0 Å². The molecule has 24 heavy (non-hydrogen) atoms. The smallest absolute Gasteiger partial charge is 0.261 e. The minimum atomic E-state index is -3.71. The Kier molecular flexibility index (Phi) is 5.15. The van der Waals surface area contributed by atoms with Crippen LogP contribution in [0, 0.1) is 29.6 Å². The molecule has 0 aliphatic rings. The first-order valence-electron chi connectivity index (χ1n) is 6.78. The highest BCUT2D eigenvalue weighted by Gasteiger charge is 2.14. The number of sulfonamides is 1. The van der Waals surface area contributed by atoms with Crippen molar-refractivity contribution in [2.24, 2.45) is 5.10 Å². The number of hydrogen-bond acceptors (Lipinski definition) is 6. The largest absolute Gasteiger partial charge is 0.280 e. The van der Waals surface area contributed by atoms with Gasteiger partial charge in [0.2, 0.25) is 5.71 Å². The number of nitriles is 2. The van der Waals surface area contributed by atoms with Crippen LogP contribution in [-0.2, 0) is 10.0 Å². The lowest BCUT2D eigenvalue weighted by Gasteiger charge is -2.09. The molecule has 0 heterocycles. The molecule has 0 unspecified atom stereocenters. The highest BCUT2D eigenvalue weighted by Crippen LogP contribution is 2.19. The van der Waals surface area contributed by atoms with Crippen LogP contribution in [0.4, 0.5) is 11.4 Å². The average molecular weight is 339 g/mol. The van der Waals surface area contributed by atoms with Gasteiger partial charge in [-0.3, -0.25) is 10.1 Å². The van der Waals surface area contributed by atoms with Crippen molar-refractivity contribution in [3.05, 3.63) is 54.1 Å². The van der Waals surface area contributed by atoms with E-state index in [2.05, 4.69) is 15.2 Å². The Morgan fingerprint density at radius 1 is 1.04 bits per heavy atom. The van der Waals surface area contributed by atoms with Gasteiger partial charge in [-0.25, -0.2) is 8.42 Å². The first kappa shape index (κ1) is 17.0. The van der Waals surface area contributed by atoms with Gasteiger partial charge < -0.3 is 0 Å². The molecule has 0 atom stereocenters. The standard InChI is InChI=1S/C16H13N5O2S/c1-12-3-2-4-14(9-12)21-24(22,23)16-7-5-13(6-8-16)19-20-15(10-17)11-18/h2-9,19,21H,1H3. The molecule has 2 aromatic carbocycles. The summed E-state index contributed by atoms with van der Waals surface area (Å²) < 4.78 is 27.2. The van der Waals surface area contributed by atoms with Crippen molar-refractivity contribution < 1.29 is 8.42 Å². The summed E-state index contributed by atoms with van der Waals surface area (Å²) in [5.41, 5.74) is 4.06. The van der Waals surface area contributed by atoms with E-state index in [-0.39, 0.29) is 10.6 Å². The summed E-state index contributed by atoms with van der Waals surface area (Å²) in [5.74, 6) is 0. The summed E-state index contributed by atoms with van der Waals surface area (Å²) in [5, 5.41) is 20.7. The van der Waals surface area contributed by atoms with Crippen LogP contribution in [0.25, 0.3) is 0 Å². The van der Waals surface area contributed by atoms with Gasteiger partial charge in [-0.2, -0.15) is 15.6 Å². The van der Waals surface area contributed by atoms with E-state index in [0.717, 1.165) is 5.56 Å². The van der Waals surface area contributed by atoms with Crippen LogP contribution >= 0.6 is 0 Å². The molecule has 0 radical (unpaired) electrons. The number of aryl methyl sites for hydroxylation is 1. The number of nitrogens with zero attached hydrogens (tertiary/aromatic N) is 3. The van der Waals surface area contributed by atoms with E-state index < -0.39 is 10.0 Å². The predicted octanol–water partition coefficient (Wildman–Crippen LogP) is 2.61. The average Bonchev–Trinajstić information content (AvgIpc) is 2.56. The maximum absolute atomic E-state index is 12.3. The Balaban J connectivity index is 2.16. The van der Waals surface area contributed by atoms with Gasteiger partial charge in [-0.1, -0.05) is 12.1 Å². The number of rotatable bonds is 5. The van der Waals surface area contributed by atoms with E-state index in [9.17, 15) is 8.42 Å². The lowest BCUT2D eigenvalue weighted by molar-refractivity contribution is 0.601. The van der Waals surface area contributed by atoms with Crippen LogP contribution in [0.5, 0.6) is 0 Å². The number of hydrogen-bond donors (Lipinski definition) is 2. The molecule has 0 saturated heterocycles. The molecule has 0 spiro atoms. The molecular formula is C16H13N5O2S. The summed E-state index contributed by atoms with van der Waals surface area (Å²) in [6.45, 7) is 1.87. The predicted molar refractivity (Wildman–Crippen MR) is 90.7 cm³/mol. The lowest BCUT2D eigenvalue weighted by atomic mass is 10.2. The van der Waals surface area contributed by atoms with Crippen molar-refractivity contribution in [1.29, 1.82) is 10.5 Å². The minimum Gasteiger partial charge on any atom is -0.280 e. The maximum atomic E-state index is 12.3. The van der Waals surface area contributed by atoms with Gasteiger partial charge in [-0.15, -0.1) is 0 Å². The van der Waals surface area contributed by atoms with Crippen molar-refractivity contribution in [3.63, 3.8) is 0 Å². The highest BCUT2D eigenvalue weighted by atomic mass is 32.2. The third-order valence-electron chi connectivity index (χ3n) is 2.94. The Hall–Kier alpha value is -3.36. The molecule has 0 amide bonds. The molecule has 0 aliphatic carbocycles. The fourth-order valence-electron chi connectivity index (χ4n) is 1.83. The second kappa shape index (κ2) is 7.27. The monoisotopic (exact) mass is 339 g/mol. The Morgan fingerprint density at radius 2 is 1.71 bits per heavy atom. The topological polar surface area (TPSA) is 118 Å². The molecule has 0 aliphatic heterocycles. The van der Waals surface area contributed by atoms with Crippen LogP contribution in [0.3, 0.4) is 0 Å². The third kappa shape index (κ3) is 4.32. The van der Waals surface area contributed by atoms with Crippen molar-refractivity contribution in [2.75, 3.05) is 10.1 Å². The molecule has 8 heteroatoms. The van der Waals surface area contributed by atoms with E-state index in [1.54, 1.807) is 30.3 Å². The van der Waals surface area contributed by atoms with E-state index >= 15 is 0 Å². The van der Waals surface area contributed by atoms with Crippen LogP contribution in [0.2, 0.25) is 0 Å². The lowest BCUT2D eigenvalue weighted by Crippen LogP contribution is -2.12. The van der Waals surface area contributed by atoms with Gasteiger partial charge >= 0.3 is 0 Å². The van der Waals surface area contributed by atoms with Crippen molar-refractivity contribution in [3.8, 4) is 12.1 Å². The normalized spacial score (nSPS) is 10.1. The van der Waals surface area contributed by atoms with Crippen LogP contribution < -0.4 is 10.1 Å². The fourth-order valence-corrected chi connectivity index (χ4v) is 2.88. The Bertz CT molecular complexity index is 935. The summed E-state index contributed by atoms with van der Waals surface area (Å²) in [7, 11) is -3.71. The fraction of sp³-hybridized carbons (Fsp3) is 0.0625. The summed E-state index contributed by atoms with van der Waals surface area (Å²) >= 11 is 0. The maximum Gasteiger partial charge on any atom is 0.261 e. The Labute approximate surface area is 139 Å². The second-order valence-electron chi connectivity index (χ2n) is 4.80. The Morgan fingerprint density at radius 3 is 2.29 bits per heavy atom. The molecule has 2 aromatic rings. The quantitative estimate of drug-likeness (QED) is 0.641. The summed E-state index contributed by atoms with van der Waals surface area (Å²) in [6, 6.07) is 16.0. The minimum absolute atomic E-state index is 0.0827. The van der Waals surface area contributed by atoms with E-state index in [0.29, 0.717) is 11.4 Å². The number of nitrogens with one attached hydrogen (secondary N) is 2. The zero-order chi connectivity index (χ0) is 17.6. The zero-order valence-electron chi connectivity index (χ0n) is 12.7. The van der Waals surface area contributed by atoms with Gasteiger partial charge in [-0.05, 0) is 48.9 Å². The molecular weight excluding hydrogens is 326 g/mol. The van der Waals surface area contributed by atoms with Crippen molar-refractivity contribution in [1.82, 2.24) is 0 Å². The van der Waals surface area contributed by atoms with E-state index in [4.69, 9.17) is 10.5 Å². The number of benzene rings is 2. The number of hydrazone groups is 1. The third-order valence-corrected chi connectivity index (χ3v) is 4.34. The first-order valence-corrected chi connectivity index (χ1v) is 8.26. The van der Waals surface area contributed by atoms with Gasteiger partial charge in [0.15, 0.2) is 0 Å². The van der Waals surface area contributed by atoms with E-state index in [1.165, 1.54) is 24.3 Å². The van der Waals surface area contributed by atoms with Gasteiger partial charge in [0, 0.05) is 5.69 Å². The van der Waals surface area contributed by atoms with Crippen LogP contribution in [-0.4, -0.2) is 14.1 Å². The van der Waals surface area contributed by atoms with Crippen molar-refractivity contribution >= 4 is 27.1 Å². The molecule has 0 bridgehead atoms. The molecule has 7 nitrogen and oxygen atoms in total. The summed E-state index contributed by atoms with van der Waals surface area (Å²) in [6.07, 6.45) is 0. The molecule has 2 N–H and O–H groups in total. The summed E-state index contributed by atoms with van der Waals surface area (Å²) in [4.78, 5) is 0.0827. The van der Waals surface area contributed by atoms with Gasteiger partial charge in [0.05, 0.1) is 10.6 Å². The molecule has 0 saturated carbocycles. The first-order chi connectivity index (χ1) is 11.4. The van der Waals surface area contributed by atoms with Gasteiger partial charge in [0.1, 0.15) is 12.1 Å². The molecule has 0 aromatic heterocycles. The van der Waals surface area contributed by atoms with Crippen LogP contribution in [0.15, 0.2) is 58.5 Å². The number of anilines is 2. The van der Waals surface area contributed by atoms with Crippen LogP contribution in [0.1, 0.15) is 5.56 Å². The second-order valence-corrected chi connectivity index (χ2v) is 6.48. The van der Waals surface area contributed by atoms with Crippen molar-refractivity contribution in [2.45, 2.75) is 11.8 Å². The molecule has 120 valence electrons. The SMILES string of the molecule is Cc1cccc(NS(=O)(=O)c2ccc(NN=C(C#N)C#N)cc2)c1. The zero-order valence-corrected chi connectivity index (χ0v) is 13.5.